The number of hydrogen-bond acceptors (Lipinski definition) is 2. The highest BCUT2D eigenvalue weighted by Gasteiger charge is 1.96. The van der Waals surface area contributed by atoms with Gasteiger partial charge in [0.15, 0.2) is 0 Å². The SMILES string of the molecule is Cc1cccc(Sc2cccnc2)c1. The Hall–Kier alpha value is -1.28. The first-order chi connectivity index (χ1) is 6.84. The van der Waals surface area contributed by atoms with Crippen molar-refractivity contribution in [1.29, 1.82) is 0 Å². The molecule has 0 N–H and O–H groups in total. The average Bonchev–Trinajstić information content (AvgIpc) is 2.19. The molecule has 0 saturated carbocycles. The summed E-state index contributed by atoms with van der Waals surface area (Å²) in [4.78, 5) is 6.52. The van der Waals surface area contributed by atoms with Crippen LogP contribution in [0.5, 0.6) is 0 Å². The van der Waals surface area contributed by atoms with Gasteiger partial charge in [-0.2, -0.15) is 0 Å². The van der Waals surface area contributed by atoms with Gasteiger partial charge in [-0.05, 0) is 31.2 Å². The summed E-state index contributed by atoms with van der Waals surface area (Å²) in [5, 5.41) is 0. The molecule has 0 saturated heterocycles. The normalized spacial score (nSPS) is 10.1. The maximum atomic E-state index is 4.08. The topological polar surface area (TPSA) is 12.9 Å². The highest BCUT2D eigenvalue weighted by atomic mass is 32.2. The number of aryl methyl sites for hydroxylation is 1. The summed E-state index contributed by atoms with van der Waals surface area (Å²) in [5.41, 5.74) is 1.29. The van der Waals surface area contributed by atoms with Gasteiger partial charge in [-0.25, -0.2) is 0 Å². The van der Waals surface area contributed by atoms with Crippen LogP contribution in [0.1, 0.15) is 5.56 Å². The zero-order valence-electron chi connectivity index (χ0n) is 7.97. The highest BCUT2D eigenvalue weighted by molar-refractivity contribution is 7.99. The molecule has 1 aromatic heterocycles. The standard InChI is InChI=1S/C12H11NS/c1-10-4-2-5-11(8-10)14-12-6-3-7-13-9-12/h2-9H,1H3. The summed E-state index contributed by atoms with van der Waals surface area (Å²) in [5.74, 6) is 0. The van der Waals surface area contributed by atoms with Gasteiger partial charge in [0.1, 0.15) is 0 Å². The Labute approximate surface area is 88.2 Å². The summed E-state index contributed by atoms with van der Waals surface area (Å²) in [7, 11) is 0. The van der Waals surface area contributed by atoms with E-state index in [1.165, 1.54) is 15.4 Å². The van der Waals surface area contributed by atoms with Gasteiger partial charge in [0.25, 0.3) is 0 Å². The molecule has 0 fully saturated rings. The van der Waals surface area contributed by atoms with Crippen molar-refractivity contribution in [3.8, 4) is 0 Å². The quantitative estimate of drug-likeness (QED) is 0.737. The fraction of sp³-hybridized carbons (Fsp3) is 0.0833. The zero-order chi connectivity index (χ0) is 9.80. The second kappa shape index (κ2) is 4.29. The second-order valence-corrected chi connectivity index (χ2v) is 4.25. The summed E-state index contributed by atoms with van der Waals surface area (Å²) in [6, 6.07) is 12.5. The molecule has 2 heteroatoms. The van der Waals surface area contributed by atoms with Crippen LogP contribution >= 0.6 is 11.8 Å². The lowest BCUT2D eigenvalue weighted by Crippen LogP contribution is -1.76. The molecule has 0 aliphatic rings. The molecule has 0 amide bonds. The van der Waals surface area contributed by atoms with Crippen molar-refractivity contribution >= 4 is 11.8 Å². The Morgan fingerprint density at radius 2 is 1.93 bits per heavy atom. The Balaban J connectivity index is 2.19. The third kappa shape index (κ3) is 2.36. The van der Waals surface area contributed by atoms with E-state index in [9.17, 15) is 0 Å². The van der Waals surface area contributed by atoms with Crippen LogP contribution in [-0.2, 0) is 0 Å². The summed E-state index contributed by atoms with van der Waals surface area (Å²) in [6.07, 6.45) is 3.67. The Morgan fingerprint density at radius 3 is 2.64 bits per heavy atom. The van der Waals surface area contributed by atoms with Gasteiger partial charge >= 0.3 is 0 Å². The molecule has 2 rings (SSSR count). The molecule has 1 nitrogen and oxygen atoms in total. The summed E-state index contributed by atoms with van der Waals surface area (Å²) < 4.78 is 0. The van der Waals surface area contributed by atoms with Gasteiger partial charge in [0, 0.05) is 22.2 Å². The van der Waals surface area contributed by atoms with Gasteiger partial charge in [-0.1, -0.05) is 29.5 Å². The summed E-state index contributed by atoms with van der Waals surface area (Å²) in [6.45, 7) is 2.10. The van der Waals surface area contributed by atoms with E-state index >= 15 is 0 Å². The van der Waals surface area contributed by atoms with E-state index in [-0.39, 0.29) is 0 Å². The van der Waals surface area contributed by atoms with Crippen molar-refractivity contribution in [2.75, 3.05) is 0 Å². The van der Waals surface area contributed by atoms with Crippen LogP contribution in [0.4, 0.5) is 0 Å². The first-order valence-corrected chi connectivity index (χ1v) is 5.31. The van der Waals surface area contributed by atoms with Crippen LogP contribution in [0, 0.1) is 6.92 Å². The lowest BCUT2D eigenvalue weighted by Gasteiger charge is -2.01. The smallest absolute Gasteiger partial charge is 0.0407 e. The minimum absolute atomic E-state index is 1.18. The molecule has 2 aromatic rings. The van der Waals surface area contributed by atoms with E-state index in [1.54, 1.807) is 18.0 Å². The number of benzene rings is 1. The minimum Gasteiger partial charge on any atom is -0.264 e. The number of nitrogens with zero attached hydrogens (tertiary/aromatic N) is 1. The van der Waals surface area contributed by atoms with Crippen LogP contribution in [0.15, 0.2) is 58.6 Å². The van der Waals surface area contributed by atoms with Gasteiger partial charge < -0.3 is 0 Å². The average molecular weight is 201 g/mol. The van der Waals surface area contributed by atoms with Gasteiger partial charge in [0.2, 0.25) is 0 Å². The van der Waals surface area contributed by atoms with Crippen molar-refractivity contribution in [3.05, 3.63) is 54.4 Å². The molecule has 1 heterocycles. The van der Waals surface area contributed by atoms with Crippen molar-refractivity contribution in [3.63, 3.8) is 0 Å². The predicted octanol–water partition coefficient (Wildman–Crippen LogP) is 3.54. The molecule has 70 valence electrons. The first kappa shape index (κ1) is 9.28. The number of hydrogen-bond donors (Lipinski definition) is 0. The second-order valence-electron chi connectivity index (χ2n) is 3.11. The monoisotopic (exact) mass is 201 g/mol. The molecule has 0 aliphatic heterocycles. The van der Waals surface area contributed by atoms with Crippen molar-refractivity contribution in [1.82, 2.24) is 4.98 Å². The van der Waals surface area contributed by atoms with E-state index in [0.29, 0.717) is 0 Å². The third-order valence-electron chi connectivity index (χ3n) is 1.86. The largest absolute Gasteiger partial charge is 0.264 e. The fourth-order valence-electron chi connectivity index (χ4n) is 1.22. The molecule has 0 bridgehead atoms. The molecule has 0 atom stereocenters. The molecule has 0 spiro atoms. The van der Waals surface area contributed by atoms with Gasteiger partial charge in [-0.3, -0.25) is 4.98 Å². The van der Waals surface area contributed by atoms with E-state index < -0.39 is 0 Å². The van der Waals surface area contributed by atoms with Crippen LogP contribution in [0.2, 0.25) is 0 Å². The molecule has 0 radical (unpaired) electrons. The Morgan fingerprint density at radius 1 is 1.07 bits per heavy atom. The summed E-state index contributed by atoms with van der Waals surface area (Å²) >= 11 is 1.74. The molecular weight excluding hydrogens is 190 g/mol. The first-order valence-electron chi connectivity index (χ1n) is 4.49. The Kier molecular flexibility index (Phi) is 2.84. The number of pyridine rings is 1. The van der Waals surface area contributed by atoms with E-state index in [4.69, 9.17) is 0 Å². The van der Waals surface area contributed by atoms with Gasteiger partial charge in [-0.15, -0.1) is 0 Å². The lowest BCUT2D eigenvalue weighted by atomic mass is 10.2. The maximum absolute atomic E-state index is 4.08. The highest BCUT2D eigenvalue weighted by Crippen LogP contribution is 2.26. The van der Waals surface area contributed by atoms with Crippen LogP contribution in [0.25, 0.3) is 0 Å². The van der Waals surface area contributed by atoms with E-state index in [2.05, 4.69) is 42.2 Å². The van der Waals surface area contributed by atoms with Crippen LogP contribution < -0.4 is 0 Å². The van der Waals surface area contributed by atoms with Crippen molar-refractivity contribution in [2.45, 2.75) is 16.7 Å². The van der Waals surface area contributed by atoms with Gasteiger partial charge in [0.05, 0.1) is 0 Å². The molecule has 14 heavy (non-hydrogen) atoms. The van der Waals surface area contributed by atoms with Crippen molar-refractivity contribution < 1.29 is 0 Å². The Bertz CT molecular complexity index is 412. The number of rotatable bonds is 2. The van der Waals surface area contributed by atoms with Crippen LogP contribution in [0.3, 0.4) is 0 Å². The molecular formula is C12H11NS. The van der Waals surface area contributed by atoms with E-state index in [1.807, 2.05) is 12.3 Å². The molecule has 1 aromatic carbocycles. The minimum atomic E-state index is 1.18. The lowest BCUT2D eigenvalue weighted by molar-refractivity contribution is 1.23. The number of aromatic nitrogens is 1. The third-order valence-corrected chi connectivity index (χ3v) is 2.83. The van der Waals surface area contributed by atoms with E-state index in [0.717, 1.165) is 0 Å². The van der Waals surface area contributed by atoms with Crippen LogP contribution in [-0.4, -0.2) is 4.98 Å². The molecule has 0 aliphatic carbocycles. The fourth-order valence-corrected chi connectivity index (χ4v) is 2.15. The zero-order valence-corrected chi connectivity index (χ0v) is 8.79. The predicted molar refractivity (Wildman–Crippen MR) is 59.5 cm³/mol. The molecule has 0 unspecified atom stereocenters. The van der Waals surface area contributed by atoms with Crippen molar-refractivity contribution in [2.24, 2.45) is 0 Å². The maximum Gasteiger partial charge on any atom is 0.0407 e.